The molecule has 80 valence electrons. The molecular weight excluding hydrogens is 216 g/mol. The second-order valence-electron chi connectivity index (χ2n) is 3.15. The Morgan fingerprint density at radius 3 is 2.60 bits per heavy atom. The molecule has 0 spiro atoms. The molecule has 0 fully saturated rings. The van der Waals surface area contributed by atoms with Crippen LogP contribution in [-0.4, -0.2) is 17.7 Å². The van der Waals surface area contributed by atoms with E-state index < -0.39 is 11.9 Å². The fraction of sp³-hybridized carbons (Fsp3) is 0.200. The Morgan fingerprint density at radius 1 is 1.40 bits per heavy atom. The third kappa shape index (κ3) is 3.34. The molecule has 0 radical (unpaired) electrons. The Labute approximate surface area is 92.2 Å². The van der Waals surface area contributed by atoms with Crippen LogP contribution >= 0.6 is 11.6 Å². The number of benzene rings is 1. The number of amides is 1. The number of rotatable bonds is 4. The third-order valence-corrected chi connectivity index (χ3v) is 2.15. The molecule has 0 aliphatic heterocycles. The molecular formula is C10H11ClN2O2. The minimum atomic E-state index is -0.948. The number of hydrogen-bond acceptors (Lipinski definition) is 3. The zero-order valence-corrected chi connectivity index (χ0v) is 8.70. The first-order chi connectivity index (χ1) is 7.00. The zero-order chi connectivity index (χ0) is 11.4. The predicted molar refractivity (Wildman–Crippen MR) is 57.6 cm³/mol. The first kappa shape index (κ1) is 11.7. The van der Waals surface area contributed by atoms with Gasteiger partial charge in [-0.3, -0.25) is 9.59 Å². The molecule has 1 aromatic carbocycles. The number of carbonyl (C=O) groups excluding carboxylic acids is 2. The summed E-state index contributed by atoms with van der Waals surface area (Å²) in [5.41, 5.74) is 10.7. The fourth-order valence-electron chi connectivity index (χ4n) is 1.08. The first-order valence-electron chi connectivity index (χ1n) is 4.34. The number of hydrogen-bond donors (Lipinski definition) is 2. The molecule has 1 amide bonds. The number of Topliss-reactive ketones (excluding diaryl/α,β-unsaturated/α-hetero) is 1. The lowest BCUT2D eigenvalue weighted by Gasteiger charge is -2.06. The van der Waals surface area contributed by atoms with E-state index in [2.05, 4.69) is 0 Å². The maximum Gasteiger partial charge on any atom is 0.234 e. The highest BCUT2D eigenvalue weighted by Gasteiger charge is 2.15. The quantitative estimate of drug-likeness (QED) is 0.742. The van der Waals surface area contributed by atoms with Crippen LogP contribution in [0.4, 0.5) is 0 Å². The summed E-state index contributed by atoms with van der Waals surface area (Å²) in [5, 5.41) is 0.466. The van der Waals surface area contributed by atoms with Gasteiger partial charge in [-0.2, -0.15) is 0 Å². The predicted octanol–water partition coefficient (Wildman–Crippen LogP) is 0.725. The summed E-state index contributed by atoms with van der Waals surface area (Å²) in [4.78, 5) is 22.2. The summed E-state index contributed by atoms with van der Waals surface area (Å²) in [7, 11) is 0. The van der Waals surface area contributed by atoms with Gasteiger partial charge in [0.25, 0.3) is 0 Å². The average Bonchev–Trinajstić information content (AvgIpc) is 2.17. The Hall–Kier alpha value is -1.39. The van der Waals surface area contributed by atoms with Gasteiger partial charge in [0, 0.05) is 17.0 Å². The van der Waals surface area contributed by atoms with Crippen LogP contribution < -0.4 is 11.5 Å². The normalized spacial score (nSPS) is 12.1. The fourth-order valence-corrected chi connectivity index (χ4v) is 1.27. The van der Waals surface area contributed by atoms with Crippen molar-refractivity contribution in [2.45, 2.75) is 12.5 Å². The summed E-state index contributed by atoms with van der Waals surface area (Å²) in [6, 6.07) is 5.51. The molecule has 4 N–H and O–H groups in total. The lowest BCUT2D eigenvalue weighted by atomic mass is 10.0. The zero-order valence-electron chi connectivity index (χ0n) is 7.94. The van der Waals surface area contributed by atoms with Gasteiger partial charge < -0.3 is 11.5 Å². The molecule has 0 saturated heterocycles. The van der Waals surface area contributed by atoms with Crippen molar-refractivity contribution in [3.8, 4) is 0 Å². The largest absolute Gasteiger partial charge is 0.368 e. The van der Waals surface area contributed by atoms with Crippen LogP contribution in [0.1, 0.15) is 16.8 Å². The SMILES string of the molecule is NC(=O)C(N)CC(=O)c1cccc(Cl)c1. The van der Waals surface area contributed by atoms with Crippen LogP contribution in [0.25, 0.3) is 0 Å². The van der Waals surface area contributed by atoms with Gasteiger partial charge in [-0.05, 0) is 12.1 Å². The Morgan fingerprint density at radius 2 is 2.07 bits per heavy atom. The van der Waals surface area contributed by atoms with Gasteiger partial charge in [-0.15, -0.1) is 0 Å². The van der Waals surface area contributed by atoms with Crippen molar-refractivity contribution in [3.05, 3.63) is 34.9 Å². The van der Waals surface area contributed by atoms with Crippen LogP contribution in [0, 0.1) is 0 Å². The summed E-state index contributed by atoms with van der Waals surface area (Å²) >= 11 is 5.71. The molecule has 0 bridgehead atoms. The molecule has 1 unspecified atom stereocenters. The van der Waals surface area contributed by atoms with Gasteiger partial charge in [-0.1, -0.05) is 23.7 Å². The molecule has 0 aliphatic carbocycles. The van der Waals surface area contributed by atoms with E-state index >= 15 is 0 Å². The molecule has 0 heterocycles. The second kappa shape index (κ2) is 4.91. The minimum Gasteiger partial charge on any atom is -0.368 e. The Bertz CT molecular complexity index is 393. The van der Waals surface area contributed by atoms with E-state index in [1.807, 2.05) is 0 Å². The highest BCUT2D eigenvalue weighted by Crippen LogP contribution is 2.12. The van der Waals surface area contributed by atoms with E-state index in [0.717, 1.165) is 0 Å². The van der Waals surface area contributed by atoms with Gasteiger partial charge >= 0.3 is 0 Å². The van der Waals surface area contributed by atoms with Crippen LogP contribution in [0.5, 0.6) is 0 Å². The molecule has 0 aliphatic rings. The third-order valence-electron chi connectivity index (χ3n) is 1.92. The standard InChI is InChI=1S/C10H11ClN2O2/c11-7-3-1-2-6(4-7)9(14)5-8(12)10(13)15/h1-4,8H,5,12H2,(H2,13,15). The maximum absolute atomic E-state index is 11.6. The van der Waals surface area contributed by atoms with Crippen molar-refractivity contribution in [1.29, 1.82) is 0 Å². The van der Waals surface area contributed by atoms with E-state index in [1.165, 1.54) is 6.07 Å². The highest BCUT2D eigenvalue weighted by atomic mass is 35.5. The minimum absolute atomic E-state index is 0.102. The Kier molecular flexibility index (Phi) is 3.82. The maximum atomic E-state index is 11.6. The van der Waals surface area contributed by atoms with Crippen LogP contribution in [0.15, 0.2) is 24.3 Å². The number of halogens is 1. The number of nitrogens with two attached hydrogens (primary N) is 2. The number of ketones is 1. The monoisotopic (exact) mass is 226 g/mol. The van der Waals surface area contributed by atoms with Crippen LogP contribution in [0.3, 0.4) is 0 Å². The van der Waals surface area contributed by atoms with Crippen molar-refractivity contribution in [3.63, 3.8) is 0 Å². The first-order valence-corrected chi connectivity index (χ1v) is 4.72. The smallest absolute Gasteiger partial charge is 0.234 e. The van der Waals surface area contributed by atoms with Gasteiger partial charge in [0.2, 0.25) is 5.91 Å². The van der Waals surface area contributed by atoms with Crippen molar-refractivity contribution < 1.29 is 9.59 Å². The lowest BCUT2D eigenvalue weighted by molar-refractivity contribution is -0.119. The Balaban J connectivity index is 2.73. The van der Waals surface area contributed by atoms with Crippen molar-refractivity contribution in [2.24, 2.45) is 11.5 Å². The molecule has 1 rings (SSSR count). The molecule has 1 atom stereocenters. The van der Waals surface area contributed by atoms with Crippen LogP contribution in [-0.2, 0) is 4.79 Å². The molecule has 5 heteroatoms. The molecule has 4 nitrogen and oxygen atoms in total. The van der Waals surface area contributed by atoms with Gasteiger partial charge in [0.1, 0.15) is 0 Å². The van der Waals surface area contributed by atoms with Crippen molar-refractivity contribution in [1.82, 2.24) is 0 Å². The van der Waals surface area contributed by atoms with Gasteiger partial charge in [-0.25, -0.2) is 0 Å². The van der Waals surface area contributed by atoms with E-state index in [0.29, 0.717) is 10.6 Å². The van der Waals surface area contributed by atoms with Crippen molar-refractivity contribution >= 4 is 23.3 Å². The van der Waals surface area contributed by atoms with E-state index in [4.69, 9.17) is 23.1 Å². The number of carbonyl (C=O) groups is 2. The van der Waals surface area contributed by atoms with E-state index in [9.17, 15) is 9.59 Å². The summed E-state index contributed by atoms with van der Waals surface area (Å²) < 4.78 is 0. The van der Waals surface area contributed by atoms with Crippen molar-refractivity contribution in [2.75, 3.05) is 0 Å². The lowest BCUT2D eigenvalue weighted by Crippen LogP contribution is -2.38. The van der Waals surface area contributed by atoms with Gasteiger partial charge in [0.05, 0.1) is 6.04 Å². The highest BCUT2D eigenvalue weighted by molar-refractivity contribution is 6.31. The topological polar surface area (TPSA) is 86.2 Å². The van der Waals surface area contributed by atoms with Crippen LogP contribution in [0.2, 0.25) is 5.02 Å². The second-order valence-corrected chi connectivity index (χ2v) is 3.58. The summed E-state index contributed by atoms with van der Waals surface area (Å²) in [6.45, 7) is 0. The molecule has 0 aromatic heterocycles. The number of primary amides is 1. The van der Waals surface area contributed by atoms with E-state index in [-0.39, 0.29) is 12.2 Å². The van der Waals surface area contributed by atoms with E-state index in [1.54, 1.807) is 18.2 Å². The summed E-state index contributed by atoms with van der Waals surface area (Å²) in [5.74, 6) is -0.936. The molecule has 0 saturated carbocycles. The summed E-state index contributed by atoms with van der Waals surface area (Å²) in [6.07, 6.45) is -0.102. The van der Waals surface area contributed by atoms with Gasteiger partial charge in [0.15, 0.2) is 5.78 Å². The average molecular weight is 227 g/mol. The molecule has 15 heavy (non-hydrogen) atoms. The molecule has 1 aromatic rings.